The lowest BCUT2D eigenvalue weighted by atomic mass is 10.0. The Balaban J connectivity index is 1.66. The summed E-state index contributed by atoms with van der Waals surface area (Å²) in [5.41, 5.74) is 0.0330. The van der Waals surface area contributed by atoms with E-state index in [1.165, 1.54) is 23.9 Å². The van der Waals surface area contributed by atoms with Gasteiger partial charge >= 0.3 is 0 Å². The van der Waals surface area contributed by atoms with E-state index in [2.05, 4.69) is 0 Å². The van der Waals surface area contributed by atoms with E-state index in [-0.39, 0.29) is 28.8 Å². The summed E-state index contributed by atoms with van der Waals surface area (Å²) in [5, 5.41) is 10.4. The lowest BCUT2D eigenvalue weighted by molar-refractivity contribution is -0.384. The Kier molecular flexibility index (Phi) is 6.36. The average molecular weight is 391 g/mol. The van der Waals surface area contributed by atoms with Crippen molar-refractivity contribution in [1.82, 2.24) is 9.80 Å². The van der Waals surface area contributed by atoms with Gasteiger partial charge in [0.1, 0.15) is 6.04 Å². The zero-order valence-corrected chi connectivity index (χ0v) is 16.3. The van der Waals surface area contributed by atoms with Crippen molar-refractivity contribution in [2.75, 3.05) is 19.6 Å². The number of piperidine rings is 1. The number of hydrogen-bond donors (Lipinski definition) is 0. The summed E-state index contributed by atoms with van der Waals surface area (Å²) in [6.45, 7) is 4.05. The molecule has 0 unspecified atom stereocenters. The lowest BCUT2D eigenvalue weighted by Gasteiger charge is -2.38. The van der Waals surface area contributed by atoms with Crippen molar-refractivity contribution < 1.29 is 14.5 Å². The third-order valence-corrected chi connectivity index (χ3v) is 6.30. The first kappa shape index (κ1) is 19.7. The first-order chi connectivity index (χ1) is 13.0. The van der Waals surface area contributed by atoms with Crippen molar-refractivity contribution in [2.24, 2.45) is 0 Å². The van der Waals surface area contributed by atoms with Crippen LogP contribution in [0, 0.1) is 10.1 Å². The SMILES string of the molecule is C[C@@H](Sc1ccc([N+](=O)[O-])cc1)C(=O)N1CCCC[C@@H]1C(=O)N1CCCC1. The van der Waals surface area contributed by atoms with Crippen molar-refractivity contribution in [1.29, 1.82) is 0 Å². The van der Waals surface area contributed by atoms with Gasteiger partial charge in [0.25, 0.3) is 5.69 Å². The molecule has 7 nitrogen and oxygen atoms in total. The van der Waals surface area contributed by atoms with Gasteiger partial charge in [-0.3, -0.25) is 19.7 Å². The Morgan fingerprint density at radius 3 is 2.37 bits per heavy atom. The average Bonchev–Trinajstić information content (AvgIpc) is 3.22. The van der Waals surface area contributed by atoms with Crippen LogP contribution in [0.3, 0.4) is 0 Å². The van der Waals surface area contributed by atoms with Gasteiger partial charge in [-0.15, -0.1) is 11.8 Å². The summed E-state index contributed by atoms with van der Waals surface area (Å²) < 4.78 is 0. The summed E-state index contributed by atoms with van der Waals surface area (Å²) in [6, 6.07) is 5.87. The molecule has 1 aromatic rings. The van der Waals surface area contributed by atoms with Gasteiger partial charge in [0.05, 0.1) is 10.2 Å². The third kappa shape index (κ3) is 4.61. The highest BCUT2D eigenvalue weighted by molar-refractivity contribution is 8.00. The van der Waals surface area contributed by atoms with Gasteiger partial charge in [-0.25, -0.2) is 0 Å². The zero-order chi connectivity index (χ0) is 19.4. The van der Waals surface area contributed by atoms with Crippen molar-refractivity contribution in [3.8, 4) is 0 Å². The van der Waals surface area contributed by atoms with E-state index >= 15 is 0 Å². The van der Waals surface area contributed by atoms with Crippen LogP contribution < -0.4 is 0 Å². The second kappa shape index (κ2) is 8.73. The predicted octanol–water partition coefficient (Wildman–Crippen LogP) is 3.08. The number of nitrogens with zero attached hydrogens (tertiary/aromatic N) is 3. The summed E-state index contributed by atoms with van der Waals surface area (Å²) in [6.07, 6.45) is 4.70. The van der Waals surface area contributed by atoms with E-state index in [0.29, 0.717) is 6.54 Å². The number of amides is 2. The smallest absolute Gasteiger partial charge is 0.269 e. The largest absolute Gasteiger partial charge is 0.341 e. The second-order valence-corrected chi connectivity index (χ2v) is 8.50. The molecule has 2 heterocycles. The molecule has 27 heavy (non-hydrogen) atoms. The molecule has 2 fully saturated rings. The molecule has 0 aromatic heterocycles. The van der Waals surface area contributed by atoms with Crippen molar-refractivity contribution >= 4 is 29.3 Å². The van der Waals surface area contributed by atoms with Gasteiger partial charge in [-0.1, -0.05) is 0 Å². The minimum absolute atomic E-state index is 0.0319. The minimum Gasteiger partial charge on any atom is -0.341 e. The maximum absolute atomic E-state index is 13.0. The maximum atomic E-state index is 13.0. The van der Waals surface area contributed by atoms with Crippen LogP contribution in [0.25, 0.3) is 0 Å². The van der Waals surface area contributed by atoms with E-state index in [9.17, 15) is 19.7 Å². The van der Waals surface area contributed by atoms with Crippen LogP contribution in [0.2, 0.25) is 0 Å². The van der Waals surface area contributed by atoms with E-state index < -0.39 is 4.92 Å². The molecule has 2 aliphatic rings. The van der Waals surface area contributed by atoms with Crippen LogP contribution in [-0.4, -0.2) is 57.5 Å². The van der Waals surface area contributed by atoms with Crippen LogP contribution in [0.1, 0.15) is 39.0 Å². The predicted molar refractivity (Wildman–Crippen MR) is 104 cm³/mol. The highest BCUT2D eigenvalue weighted by atomic mass is 32.2. The normalized spacial score (nSPS) is 21.1. The fourth-order valence-electron chi connectivity index (χ4n) is 3.73. The number of likely N-dealkylation sites (tertiary alicyclic amines) is 2. The maximum Gasteiger partial charge on any atom is 0.269 e. The number of nitro benzene ring substituents is 1. The molecule has 2 atom stereocenters. The number of carbonyl (C=O) groups excluding carboxylic acids is 2. The molecule has 0 saturated carbocycles. The minimum atomic E-state index is -0.439. The molecule has 2 amide bonds. The van der Waals surface area contributed by atoms with Gasteiger partial charge in [-0.2, -0.15) is 0 Å². The van der Waals surface area contributed by atoms with Crippen molar-refractivity contribution in [3.05, 3.63) is 34.4 Å². The fraction of sp³-hybridized carbons (Fsp3) is 0.579. The molecule has 8 heteroatoms. The Morgan fingerprint density at radius 1 is 1.11 bits per heavy atom. The van der Waals surface area contributed by atoms with Gasteiger partial charge in [0.15, 0.2) is 0 Å². The number of benzene rings is 1. The number of nitro groups is 1. The molecular weight excluding hydrogens is 366 g/mol. The van der Waals surface area contributed by atoms with Gasteiger partial charge < -0.3 is 9.80 Å². The summed E-state index contributed by atoms with van der Waals surface area (Å²) in [4.78, 5) is 40.7. The zero-order valence-electron chi connectivity index (χ0n) is 15.5. The Bertz CT molecular complexity index is 703. The third-order valence-electron chi connectivity index (χ3n) is 5.20. The Morgan fingerprint density at radius 2 is 1.74 bits per heavy atom. The molecular formula is C19H25N3O4S. The second-order valence-electron chi connectivity index (χ2n) is 7.09. The molecule has 0 bridgehead atoms. The molecule has 1 aromatic carbocycles. The fourth-order valence-corrected chi connectivity index (χ4v) is 4.67. The van der Waals surface area contributed by atoms with E-state index in [0.717, 1.165) is 50.1 Å². The summed E-state index contributed by atoms with van der Waals surface area (Å²) in [7, 11) is 0. The Hall–Kier alpha value is -2.09. The van der Waals surface area contributed by atoms with Crippen LogP contribution in [-0.2, 0) is 9.59 Å². The van der Waals surface area contributed by atoms with Gasteiger partial charge in [0, 0.05) is 36.7 Å². The van der Waals surface area contributed by atoms with E-state index in [1.807, 2.05) is 11.8 Å². The van der Waals surface area contributed by atoms with E-state index in [4.69, 9.17) is 0 Å². The highest BCUT2D eigenvalue weighted by Gasteiger charge is 2.37. The van der Waals surface area contributed by atoms with E-state index in [1.54, 1.807) is 17.0 Å². The number of hydrogen-bond acceptors (Lipinski definition) is 5. The summed E-state index contributed by atoms with van der Waals surface area (Å²) in [5.74, 6) is 0.0590. The summed E-state index contributed by atoms with van der Waals surface area (Å²) >= 11 is 1.37. The van der Waals surface area contributed by atoms with Crippen LogP contribution in [0.4, 0.5) is 5.69 Å². The molecule has 2 aliphatic heterocycles. The van der Waals surface area contributed by atoms with Gasteiger partial charge in [0.2, 0.25) is 11.8 Å². The molecule has 0 N–H and O–H groups in total. The number of thioether (sulfide) groups is 1. The van der Waals surface area contributed by atoms with Crippen molar-refractivity contribution in [3.63, 3.8) is 0 Å². The first-order valence-corrected chi connectivity index (χ1v) is 10.4. The van der Waals surface area contributed by atoms with Crippen LogP contribution >= 0.6 is 11.8 Å². The van der Waals surface area contributed by atoms with Gasteiger partial charge in [-0.05, 0) is 51.2 Å². The molecule has 2 saturated heterocycles. The molecule has 0 aliphatic carbocycles. The highest BCUT2D eigenvalue weighted by Crippen LogP contribution is 2.29. The standard InChI is InChI=1S/C19H25N3O4S/c1-14(27-16-9-7-15(8-10-16)22(25)26)18(23)21-13-3-2-6-17(21)19(24)20-11-4-5-12-20/h7-10,14,17H,2-6,11-13H2,1H3/t14-,17-/m1/s1. The first-order valence-electron chi connectivity index (χ1n) is 9.48. The molecule has 0 spiro atoms. The Labute approximate surface area is 163 Å². The quantitative estimate of drug-likeness (QED) is 0.438. The number of non-ortho nitro benzene ring substituents is 1. The molecule has 3 rings (SSSR count). The number of rotatable bonds is 5. The molecule has 0 radical (unpaired) electrons. The molecule has 146 valence electrons. The van der Waals surface area contributed by atoms with Crippen LogP contribution in [0.5, 0.6) is 0 Å². The topological polar surface area (TPSA) is 83.8 Å². The van der Waals surface area contributed by atoms with Crippen molar-refractivity contribution in [2.45, 2.75) is 55.2 Å². The number of carbonyl (C=O) groups is 2. The van der Waals surface area contributed by atoms with Crippen LogP contribution in [0.15, 0.2) is 29.2 Å². The monoisotopic (exact) mass is 391 g/mol. The lowest BCUT2D eigenvalue weighted by Crippen LogP contribution is -2.54.